The molecule has 2 fully saturated rings. The van der Waals surface area contributed by atoms with Crippen molar-refractivity contribution < 1.29 is 14.3 Å². The smallest absolute Gasteiger partial charge is 0.255 e. The molecule has 17 heavy (non-hydrogen) atoms. The van der Waals surface area contributed by atoms with Gasteiger partial charge in [-0.3, -0.25) is 14.5 Å². The van der Waals surface area contributed by atoms with Gasteiger partial charge in [-0.15, -0.1) is 0 Å². The maximum Gasteiger partial charge on any atom is 0.255 e. The molecule has 4 nitrogen and oxygen atoms in total. The summed E-state index contributed by atoms with van der Waals surface area (Å²) in [6, 6.07) is 0. The Hall–Kier alpha value is -0.420. The van der Waals surface area contributed by atoms with E-state index in [9.17, 15) is 9.59 Å². The molecule has 2 rings (SSSR count). The Morgan fingerprint density at radius 3 is 2.24 bits per heavy atom. The lowest BCUT2D eigenvalue weighted by atomic mass is 9.75. The van der Waals surface area contributed by atoms with Crippen LogP contribution < -0.4 is 0 Å². The van der Waals surface area contributed by atoms with Crippen LogP contribution in [0.5, 0.6) is 0 Å². The Morgan fingerprint density at radius 2 is 1.71 bits per heavy atom. The Bertz CT molecular complexity index is 297. The quantitative estimate of drug-likeness (QED) is 0.589. The molecule has 1 saturated heterocycles. The van der Waals surface area contributed by atoms with Crippen molar-refractivity contribution in [2.24, 2.45) is 5.41 Å². The van der Waals surface area contributed by atoms with Gasteiger partial charge in [0.15, 0.2) is 0 Å². The zero-order valence-electron chi connectivity index (χ0n) is 9.91. The molecule has 5 heteroatoms. The number of carbonyl (C=O) groups is 2. The molecule has 0 aromatic heterocycles. The number of imide groups is 1. The summed E-state index contributed by atoms with van der Waals surface area (Å²) in [6.45, 7) is 0.646. The predicted molar refractivity (Wildman–Crippen MR) is 66.9 cm³/mol. The highest BCUT2D eigenvalue weighted by molar-refractivity contribution is 9.09. The van der Waals surface area contributed by atoms with Gasteiger partial charge >= 0.3 is 0 Å². The molecule has 1 aliphatic carbocycles. The maximum absolute atomic E-state index is 11.7. The van der Waals surface area contributed by atoms with Crippen molar-refractivity contribution in [1.82, 2.24) is 4.90 Å². The molecule has 0 atom stereocenters. The zero-order valence-corrected chi connectivity index (χ0v) is 11.5. The number of carbonyl (C=O) groups excluding carboxylic acids is 2. The van der Waals surface area contributed by atoms with Gasteiger partial charge in [0.05, 0.1) is 0 Å². The van der Waals surface area contributed by atoms with Crippen molar-refractivity contribution in [2.45, 2.75) is 32.1 Å². The van der Waals surface area contributed by atoms with E-state index in [0.29, 0.717) is 6.54 Å². The van der Waals surface area contributed by atoms with Crippen LogP contribution >= 0.6 is 15.9 Å². The summed E-state index contributed by atoms with van der Waals surface area (Å²) in [6.07, 6.45) is 5.84. The van der Waals surface area contributed by atoms with E-state index in [1.54, 1.807) is 0 Å². The first-order valence-electron chi connectivity index (χ1n) is 6.14. The first kappa shape index (κ1) is 13.0. The SMILES string of the molecule is O=C1COCC(=O)N1CC1(CBr)CCCCC1. The van der Waals surface area contributed by atoms with Crippen molar-refractivity contribution in [3.8, 4) is 0 Å². The number of amides is 2. The van der Waals surface area contributed by atoms with Gasteiger partial charge in [0.1, 0.15) is 13.2 Å². The highest BCUT2D eigenvalue weighted by atomic mass is 79.9. The average Bonchev–Trinajstić information content (AvgIpc) is 2.35. The Labute approximate surface area is 110 Å². The molecule has 0 radical (unpaired) electrons. The summed E-state index contributed by atoms with van der Waals surface area (Å²) in [7, 11) is 0. The number of hydrogen-bond donors (Lipinski definition) is 0. The minimum atomic E-state index is -0.188. The summed E-state index contributed by atoms with van der Waals surface area (Å²) in [4.78, 5) is 24.8. The molecule has 0 unspecified atom stereocenters. The molecule has 1 saturated carbocycles. The van der Waals surface area contributed by atoms with E-state index in [1.165, 1.54) is 24.2 Å². The lowest BCUT2D eigenvalue weighted by molar-refractivity contribution is -0.160. The third-order valence-corrected chi connectivity index (χ3v) is 4.93. The topological polar surface area (TPSA) is 46.6 Å². The number of morpholine rings is 1. The number of nitrogens with zero attached hydrogens (tertiary/aromatic N) is 1. The first-order chi connectivity index (χ1) is 8.17. The third kappa shape index (κ3) is 2.88. The summed E-state index contributed by atoms with van der Waals surface area (Å²) in [5.74, 6) is -0.376. The number of hydrogen-bond acceptors (Lipinski definition) is 3. The Kier molecular flexibility index (Phi) is 4.20. The van der Waals surface area contributed by atoms with E-state index in [-0.39, 0.29) is 30.4 Å². The van der Waals surface area contributed by atoms with Crippen LogP contribution in [0.15, 0.2) is 0 Å². The van der Waals surface area contributed by atoms with Gasteiger partial charge in [-0.2, -0.15) is 0 Å². The highest BCUT2D eigenvalue weighted by Gasteiger charge is 2.37. The van der Waals surface area contributed by atoms with Crippen LogP contribution in [-0.4, -0.2) is 41.8 Å². The van der Waals surface area contributed by atoms with Crippen molar-refractivity contribution in [3.63, 3.8) is 0 Å². The molecule has 2 amide bonds. The predicted octanol–water partition coefficient (Wildman–Crippen LogP) is 1.72. The lowest BCUT2D eigenvalue weighted by Gasteiger charge is -2.40. The third-order valence-electron chi connectivity index (χ3n) is 3.74. The summed E-state index contributed by atoms with van der Waals surface area (Å²) >= 11 is 3.55. The molecule has 0 aromatic rings. The van der Waals surface area contributed by atoms with Crippen LogP contribution in [0.25, 0.3) is 0 Å². The van der Waals surface area contributed by atoms with Crippen molar-refractivity contribution >= 4 is 27.7 Å². The van der Waals surface area contributed by atoms with E-state index in [0.717, 1.165) is 18.2 Å². The standard InChI is InChI=1S/C12H18BrNO3/c13-8-12(4-2-1-3-5-12)9-14-10(15)6-17-7-11(14)16/h1-9H2. The van der Waals surface area contributed by atoms with Crippen LogP contribution in [0.2, 0.25) is 0 Å². The lowest BCUT2D eigenvalue weighted by Crippen LogP contribution is -2.51. The van der Waals surface area contributed by atoms with Gasteiger partial charge in [-0.1, -0.05) is 35.2 Å². The molecule has 0 N–H and O–H groups in total. The molecule has 1 heterocycles. The fourth-order valence-corrected chi connectivity index (χ4v) is 3.41. The fraction of sp³-hybridized carbons (Fsp3) is 0.833. The van der Waals surface area contributed by atoms with Crippen LogP contribution in [0.4, 0.5) is 0 Å². The van der Waals surface area contributed by atoms with E-state index in [1.807, 2.05) is 0 Å². The second-order valence-corrected chi connectivity index (χ2v) is 5.62. The minimum Gasteiger partial charge on any atom is -0.362 e. The zero-order chi connectivity index (χ0) is 12.3. The summed E-state index contributed by atoms with van der Waals surface area (Å²) < 4.78 is 4.93. The monoisotopic (exact) mass is 303 g/mol. The van der Waals surface area contributed by atoms with E-state index in [2.05, 4.69) is 15.9 Å². The van der Waals surface area contributed by atoms with E-state index in [4.69, 9.17) is 4.74 Å². The fourth-order valence-electron chi connectivity index (χ4n) is 2.67. The first-order valence-corrected chi connectivity index (χ1v) is 7.26. The summed E-state index contributed by atoms with van der Waals surface area (Å²) in [5, 5.41) is 0.859. The number of alkyl halides is 1. The molecule has 0 aromatic carbocycles. The molecule has 0 bridgehead atoms. The molecule has 96 valence electrons. The van der Waals surface area contributed by atoms with Gasteiger partial charge in [-0.25, -0.2) is 0 Å². The van der Waals surface area contributed by atoms with Gasteiger partial charge in [0.25, 0.3) is 11.8 Å². The second kappa shape index (κ2) is 5.48. The van der Waals surface area contributed by atoms with Gasteiger partial charge in [0.2, 0.25) is 0 Å². The van der Waals surface area contributed by atoms with Crippen molar-refractivity contribution in [1.29, 1.82) is 0 Å². The largest absolute Gasteiger partial charge is 0.362 e. The number of rotatable bonds is 3. The van der Waals surface area contributed by atoms with Crippen molar-refractivity contribution in [2.75, 3.05) is 25.1 Å². The number of halogens is 1. The molecular weight excluding hydrogens is 286 g/mol. The second-order valence-electron chi connectivity index (χ2n) is 5.06. The van der Waals surface area contributed by atoms with E-state index < -0.39 is 0 Å². The van der Waals surface area contributed by atoms with Crippen LogP contribution in [0.1, 0.15) is 32.1 Å². The van der Waals surface area contributed by atoms with E-state index >= 15 is 0 Å². The van der Waals surface area contributed by atoms with Crippen LogP contribution in [-0.2, 0) is 14.3 Å². The van der Waals surface area contributed by atoms with Crippen molar-refractivity contribution in [3.05, 3.63) is 0 Å². The van der Waals surface area contributed by atoms with Gasteiger partial charge < -0.3 is 4.74 Å². The molecule has 1 aliphatic heterocycles. The summed E-state index contributed by atoms with van der Waals surface area (Å²) in [5.41, 5.74) is 0.0842. The molecule has 2 aliphatic rings. The minimum absolute atomic E-state index is 0.0457. The normalized spacial score (nSPS) is 25.1. The molecular formula is C12H18BrNO3. The van der Waals surface area contributed by atoms with Crippen LogP contribution in [0, 0.1) is 5.41 Å². The van der Waals surface area contributed by atoms with Gasteiger partial charge in [-0.05, 0) is 18.3 Å². The maximum atomic E-state index is 11.7. The van der Waals surface area contributed by atoms with Gasteiger partial charge in [0, 0.05) is 11.9 Å². The Morgan fingerprint density at radius 1 is 1.12 bits per heavy atom. The molecule has 0 spiro atoms. The average molecular weight is 304 g/mol. The highest BCUT2D eigenvalue weighted by Crippen LogP contribution is 2.38. The Balaban J connectivity index is 2.06. The van der Waals surface area contributed by atoms with Crippen LogP contribution in [0.3, 0.4) is 0 Å². The number of ether oxygens (including phenoxy) is 1.